The number of hydrogen-bond donors (Lipinski definition) is 2. The SMILES string of the molecule is CCC1OCC(=O)C1NC(=O)[C@H](CC(C)(C)C(C)C)NC(=O)Oc1ccoc1C. The minimum absolute atomic E-state index is 0.0131. The van der Waals surface area contributed by atoms with E-state index in [-0.39, 0.29) is 35.6 Å². The largest absolute Gasteiger partial charge is 0.466 e. The van der Waals surface area contributed by atoms with Gasteiger partial charge in [0, 0.05) is 6.07 Å². The van der Waals surface area contributed by atoms with Gasteiger partial charge in [0.2, 0.25) is 5.91 Å². The molecule has 0 radical (unpaired) electrons. The highest BCUT2D eigenvalue weighted by atomic mass is 16.6. The zero-order valence-corrected chi connectivity index (χ0v) is 18.0. The van der Waals surface area contributed by atoms with Gasteiger partial charge in [-0.1, -0.05) is 34.6 Å². The normalized spacial score (nSPS) is 20.6. The third-order valence-corrected chi connectivity index (χ3v) is 5.77. The Morgan fingerprint density at radius 2 is 2.03 bits per heavy atom. The summed E-state index contributed by atoms with van der Waals surface area (Å²) in [6, 6.07) is -0.0355. The van der Waals surface area contributed by atoms with Crippen molar-refractivity contribution in [1.29, 1.82) is 0 Å². The van der Waals surface area contributed by atoms with Gasteiger partial charge >= 0.3 is 6.09 Å². The van der Waals surface area contributed by atoms with Gasteiger partial charge in [-0.3, -0.25) is 9.59 Å². The summed E-state index contributed by atoms with van der Waals surface area (Å²) in [5, 5.41) is 5.41. The van der Waals surface area contributed by atoms with Crippen molar-refractivity contribution in [3.8, 4) is 5.75 Å². The van der Waals surface area contributed by atoms with Gasteiger partial charge in [0.1, 0.15) is 24.5 Å². The van der Waals surface area contributed by atoms with Gasteiger partial charge in [-0.15, -0.1) is 0 Å². The standard InChI is InChI=1S/C21H32N2O6/c1-7-16-18(15(24)11-28-16)23-19(25)14(10-21(5,6)12(2)3)22-20(26)29-17-8-9-27-13(17)4/h8-9,12,14,16,18H,7,10-11H2,1-6H3,(H,22,26)(H,23,25)/t14-,16?,18?/m0/s1. The third kappa shape index (κ3) is 5.82. The van der Waals surface area contributed by atoms with Crippen LogP contribution in [-0.4, -0.2) is 42.6 Å². The maximum atomic E-state index is 13.0. The van der Waals surface area contributed by atoms with Crippen molar-refractivity contribution >= 4 is 17.8 Å². The number of furan rings is 1. The Hall–Kier alpha value is -2.35. The zero-order chi connectivity index (χ0) is 21.8. The van der Waals surface area contributed by atoms with E-state index in [1.807, 2.05) is 20.8 Å². The molecule has 0 aliphatic carbocycles. The van der Waals surface area contributed by atoms with Gasteiger partial charge in [-0.2, -0.15) is 0 Å². The van der Waals surface area contributed by atoms with E-state index in [0.717, 1.165) is 0 Å². The van der Waals surface area contributed by atoms with Crippen molar-refractivity contribution in [3.63, 3.8) is 0 Å². The number of nitrogens with one attached hydrogen (secondary N) is 2. The van der Waals surface area contributed by atoms with Crippen LogP contribution >= 0.6 is 0 Å². The molecule has 162 valence electrons. The van der Waals surface area contributed by atoms with Gasteiger partial charge in [-0.25, -0.2) is 4.79 Å². The minimum Gasteiger partial charge on any atom is -0.466 e. The lowest BCUT2D eigenvalue weighted by Gasteiger charge is -2.33. The fraction of sp³-hybridized carbons (Fsp3) is 0.667. The summed E-state index contributed by atoms with van der Waals surface area (Å²) >= 11 is 0. The molecule has 3 atom stereocenters. The predicted molar refractivity (Wildman–Crippen MR) is 107 cm³/mol. The second-order valence-corrected chi connectivity index (χ2v) is 8.49. The fourth-order valence-electron chi connectivity index (χ4n) is 3.09. The average molecular weight is 408 g/mol. The zero-order valence-electron chi connectivity index (χ0n) is 18.0. The van der Waals surface area contributed by atoms with Crippen LogP contribution in [-0.2, 0) is 14.3 Å². The van der Waals surface area contributed by atoms with E-state index in [1.54, 1.807) is 6.92 Å². The molecule has 0 saturated carbocycles. The molecule has 1 aromatic heterocycles. The molecule has 2 N–H and O–H groups in total. The molecular formula is C21H32N2O6. The summed E-state index contributed by atoms with van der Waals surface area (Å²) in [7, 11) is 0. The molecule has 8 heteroatoms. The number of carbonyl (C=O) groups is 3. The molecule has 1 saturated heterocycles. The molecule has 0 bridgehead atoms. The molecule has 29 heavy (non-hydrogen) atoms. The first-order valence-electron chi connectivity index (χ1n) is 10.0. The minimum atomic E-state index is -0.863. The lowest BCUT2D eigenvalue weighted by atomic mass is 9.76. The molecule has 1 aliphatic rings. The second-order valence-electron chi connectivity index (χ2n) is 8.49. The summed E-state index contributed by atoms with van der Waals surface area (Å²) in [6.45, 7) is 11.7. The Labute approximate surface area is 171 Å². The Morgan fingerprint density at radius 1 is 1.34 bits per heavy atom. The van der Waals surface area contributed by atoms with Crippen molar-refractivity contribution in [2.24, 2.45) is 11.3 Å². The van der Waals surface area contributed by atoms with E-state index in [2.05, 4.69) is 24.5 Å². The maximum Gasteiger partial charge on any atom is 0.413 e. The number of amides is 2. The number of hydrogen-bond acceptors (Lipinski definition) is 6. The number of carbonyl (C=O) groups excluding carboxylic acids is 3. The molecule has 1 aliphatic heterocycles. The molecule has 2 unspecified atom stereocenters. The Bertz CT molecular complexity index is 739. The van der Waals surface area contributed by atoms with Crippen molar-refractivity contribution in [3.05, 3.63) is 18.1 Å². The fourth-order valence-corrected chi connectivity index (χ4v) is 3.09. The van der Waals surface area contributed by atoms with Crippen LogP contribution in [0.2, 0.25) is 0 Å². The van der Waals surface area contributed by atoms with E-state index in [0.29, 0.717) is 18.6 Å². The highest BCUT2D eigenvalue weighted by Gasteiger charge is 2.39. The van der Waals surface area contributed by atoms with Crippen LogP contribution in [0.25, 0.3) is 0 Å². The quantitative estimate of drug-likeness (QED) is 0.685. The molecular weight excluding hydrogens is 376 g/mol. The molecule has 0 aromatic carbocycles. The number of aryl methyl sites for hydroxylation is 1. The molecule has 0 spiro atoms. The van der Waals surface area contributed by atoms with Crippen molar-refractivity contribution in [2.75, 3.05) is 6.61 Å². The van der Waals surface area contributed by atoms with Gasteiger partial charge in [0.25, 0.3) is 0 Å². The maximum absolute atomic E-state index is 13.0. The number of ketones is 1. The van der Waals surface area contributed by atoms with Crippen LogP contribution in [0, 0.1) is 18.3 Å². The molecule has 1 fully saturated rings. The highest BCUT2D eigenvalue weighted by molar-refractivity contribution is 5.94. The first kappa shape index (κ1) is 22.9. The van der Waals surface area contributed by atoms with E-state index in [9.17, 15) is 14.4 Å². The highest BCUT2D eigenvalue weighted by Crippen LogP contribution is 2.31. The van der Waals surface area contributed by atoms with Gasteiger partial charge in [0.05, 0.1) is 12.4 Å². The van der Waals surface area contributed by atoms with Crippen LogP contribution in [0.15, 0.2) is 16.7 Å². The van der Waals surface area contributed by atoms with E-state index < -0.39 is 24.1 Å². The summed E-state index contributed by atoms with van der Waals surface area (Å²) < 4.78 is 15.8. The first-order chi connectivity index (χ1) is 13.5. The van der Waals surface area contributed by atoms with Crippen LogP contribution in [0.1, 0.15) is 53.2 Å². The lowest BCUT2D eigenvalue weighted by molar-refractivity contribution is -0.128. The Kier molecular flexibility index (Phi) is 7.46. The van der Waals surface area contributed by atoms with Gasteiger partial charge < -0.3 is 24.5 Å². The first-order valence-corrected chi connectivity index (χ1v) is 10.0. The van der Waals surface area contributed by atoms with E-state index >= 15 is 0 Å². The van der Waals surface area contributed by atoms with Crippen LogP contribution in [0.4, 0.5) is 4.79 Å². The summed E-state index contributed by atoms with van der Waals surface area (Å²) in [4.78, 5) is 37.5. The number of rotatable bonds is 8. The summed E-state index contributed by atoms with van der Waals surface area (Å²) in [6.07, 6.45) is 1.30. The summed E-state index contributed by atoms with van der Waals surface area (Å²) in [5.74, 6) is 0.426. The third-order valence-electron chi connectivity index (χ3n) is 5.77. The smallest absolute Gasteiger partial charge is 0.413 e. The van der Waals surface area contributed by atoms with E-state index in [4.69, 9.17) is 13.9 Å². The van der Waals surface area contributed by atoms with E-state index in [1.165, 1.54) is 12.3 Å². The lowest BCUT2D eigenvalue weighted by Crippen LogP contribution is -2.55. The van der Waals surface area contributed by atoms with Crippen molar-refractivity contribution in [1.82, 2.24) is 10.6 Å². The number of ether oxygens (including phenoxy) is 2. The Balaban J connectivity index is 2.13. The van der Waals surface area contributed by atoms with Gasteiger partial charge in [-0.05, 0) is 31.1 Å². The monoisotopic (exact) mass is 408 g/mol. The van der Waals surface area contributed by atoms with Gasteiger partial charge in [0.15, 0.2) is 11.5 Å². The number of Topliss-reactive ketones (excluding diaryl/α,β-unsaturated/α-hetero) is 1. The van der Waals surface area contributed by atoms with Crippen LogP contribution < -0.4 is 15.4 Å². The van der Waals surface area contributed by atoms with Crippen LogP contribution in [0.3, 0.4) is 0 Å². The molecule has 2 heterocycles. The Morgan fingerprint density at radius 3 is 2.59 bits per heavy atom. The summed E-state index contributed by atoms with van der Waals surface area (Å²) in [5.41, 5.74) is -0.235. The average Bonchev–Trinajstić information content (AvgIpc) is 3.20. The van der Waals surface area contributed by atoms with Crippen molar-refractivity contribution in [2.45, 2.75) is 72.6 Å². The van der Waals surface area contributed by atoms with Crippen molar-refractivity contribution < 1.29 is 28.3 Å². The molecule has 2 amide bonds. The molecule has 1 aromatic rings. The topological polar surface area (TPSA) is 107 Å². The molecule has 8 nitrogen and oxygen atoms in total. The predicted octanol–water partition coefficient (Wildman–Crippen LogP) is 2.98. The second kappa shape index (κ2) is 9.43. The molecule has 2 rings (SSSR count). The van der Waals surface area contributed by atoms with Crippen LogP contribution in [0.5, 0.6) is 5.75 Å².